The normalized spacial score (nSPS) is 18.2. The minimum Gasteiger partial charge on any atom is -0.381 e. The highest BCUT2D eigenvalue weighted by Gasteiger charge is 2.11. The van der Waals surface area contributed by atoms with Gasteiger partial charge in [0.25, 0.3) is 0 Å². The van der Waals surface area contributed by atoms with Crippen LogP contribution in [0.4, 0.5) is 0 Å². The summed E-state index contributed by atoms with van der Waals surface area (Å²) in [5.74, 6) is 0.920. The standard InChI is InChI=1S/C10H21NO.ClH/c1-2-8-12-9-5-10-3-6-11-7-4-10;/h10-11H,2-9H2,1H3;1H. The van der Waals surface area contributed by atoms with E-state index in [2.05, 4.69) is 12.2 Å². The molecule has 0 atom stereocenters. The van der Waals surface area contributed by atoms with E-state index in [0.717, 1.165) is 25.6 Å². The molecule has 0 amide bonds. The highest BCUT2D eigenvalue weighted by Crippen LogP contribution is 2.15. The second kappa shape index (κ2) is 8.79. The topological polar surface area (TPSA) is 21.3 Å². The molecular formula is C10H22ClNO. The van der Waals surface area contributed by atoms with Crippen molar-refractivity contribution in [2.75, 3.05) is 26.3 Å². The van der Waals surface area contributed by atoms with Gasteiger partial charge in [0, 0.05) is 13.2 Å². The summed E-state index contributed by atoms with van der Waals surface area (Å²) in [5.41, 5.74) is 0. The molecule has 13 heavy (non-hydrogen) atoms. The van der Waals surface area contributed by atoms with Gasteiger partial charge in [-0.3, -0.25) is 0 Å². The second-order valence-electron chi connectivity index (χ2n) is 3.59. The minimum atomic E-state index is 0. The first-order valence-corrected chi connectivity index (χ1v) is 5.22. The van der Waals surface area contributed by atoms with Gasteiger partial charge in [-0.15, -0.1) is 12.4 Å². The zero-order valence-electron chi connectivity index (χ0n) is 8.55. The molecule has 0 bridgehead atoms. The Balaban J connectivity index is 0.00000144. The highest BCUT2D eigenvalue weighted by atomic mass is 35.5. The Morgan fingerprint density at radius 3 is 2.54 bits per heavy atom. The number of hydrogen-bond donors (Lipinski definition) is 1. The molecule has 1 saturated heterocycles. The van der Waals surface area contributed by atoms with Crippen molar-refractivity contribution >= 4 is 12.4 Å². The molecule has 0 spiro atoms. The number of hydrogen-bond acceptors (Lipinski definition) is 2. The predicted octanol–water partition coefficient (Wildman–Crippen LogP) is 2.22. The molecular weight excluding hydrogens is 186 g/mol. The summed E-state index contributed by atoms with van der Waals surface area (Å²) in [6.07, 6.45) is 5.10. The third-order valence-electron chi connectivity index (χ3n) is 2.48. The monoisotopic (exact) mass is 207 g/mol. The van der Waals surface area contributed by atoms with Gasteiger partial charge in [-0.05, 0) is 44.7 Å². The van der Waals surface area contributed by atoms with E-state index in [1.54, 1.807) is 0 Å². The zero-order chi connectivity index (χ0) is 8.65. The van der Waals surface area contributed by atoms with E-state index in [1.807, 2.05) is 0 Å². The second-order valence-corrected chi connectivity index (χ2v) is 3.59. The Bertz CT molecular complexity index is 105. The molecule has 1 heterocycles. The molecule has 0 unspecified atom stereocenters. The molecule has 1 aliphatic rings. The smallest absolute Gasteiger partial charge is 0.0468 e. The summed E-state index contributed by atoms with van der Waals surface area (Å²) >= 11 is 0. The third-order valence-corrected chi connectivity index (χ3v) is 2.48. The summed E-state index contributed by atoms with van der Waals surface area (Å²) in [7, 11) is 0. The third kappa shape index (κ3) is 6.30. The summed E-state index contributed by atoms with van der Waals surface area (Å²) in [6, 6.07) is 0. The molecule has 0 aromatic rings. The van der Waals surface area contributed by atoms with Crippen LogP contribution in [0.5, 0.6) is 0 Å². The van der Waals surface area contributed by atoms with E-state index < -0.39 is 0 Å². The molecule has 0 aliphatic carbocycles. The lowest BCUT2D eigenvalue weighted by Crippen LogP contribution is -2.28. The van der Waals surface area contributed by atoms with Gasteiger partial charge in [0.15, 0.2) is 0 Å². The van der Waals surface area contributed by atoms with Crippen LogP contribution in [0.25, 0.3) is 0 Å². The largest absolute Gasteiger partial charge is 0.381 e. The van der Waals surface area contributed by atoms with Gasteiger partial charge in [-0.2, -0.15) is 0 Å². The van der Waals surface area contributed by atoms with Gasteiger partial charge in [0.1, 0.15) is 0 Å². The first-order valence-electron chi connectivity index (χ1n) is 5.22. The van der Waals surface area contributed by atoms with Crippen molar-refractivity contribution in [3.8, 4) is 0 Å². The van der Waals surface area contributed by atoms with Crippen LogP contribution < -0.4 is 5.32 Å². The fraction of sp³-hybridized carbons (Fsp3) is 1.00. The van der Waals surface area contributed by atoms with Gasteiger partial charge >= 0.3 is 0 Å². The minimum absolute atomic E-state index is 0. The SMILES string of the molecule is CCCOCCC1CCNCC1.Cl. The molecule has 2 nitrogen and oxygen atoms in total. The van der Waals surface area contributed by atoms with E-state index in [4.69, 9.17) is 4.74 Å². The van der Waals surface area contributed by atoms with Crippen molar-refractivity contribution in [3.05, 3.63) is 0 Å². The molecule has 1 aliphatic heterocycles. The quantitative estimate of drug-likeness (QED) is 0.699. The van der Waals surface area contributed by atoms with Crippen LogP contribution in [-0.4, -0.2) is 26.3 Å². The maximum atomic E-state index is 5.47. The average molecular weight is 208 g/mol. The average Bonchev–Trinajstić information content (AvgIpc) is 2.14. The predicted molar refractivity (Wildman–Crippen MR) is 58.6 cm³/mol. The fourth-order valence-corrected chi connectivity index (χ4v) is 1.67. The maximum absolute atomic E-state index is 5.47. The van der Waals surface area contributed by atoms with Crippen molar-refractivity contribution in [1.82, 2.24) is 5.32 Å². The lowest BCUT2D eigenvalue weighted by Gasteiger charge is -2.22. The molecule has 3 heteroatoms. The van der Waals surface area contributed by atoms with Gasteiger partial charge in [-0.25, -0.2) is 0 Å². The van der Waals surface area contributed by atoms with Crippen molar-refractivity contribution in [3.63, 3.8) is 0 Å². The molecule has 80 valence electrons. The van der Waals surface area contributed by atoms with Gasteiger partial charge < -0.3 is 10.1 Å². The summed E-state index contributed by atoms with van der Waals surface area (Å²) in [4.78, 5) is 0. The Labute approximate surface area is 87.8 Å². The van der Waals surface area contributed by atoms with Gasteiger partial charge in [0.05, 0.1) is 0 Å². The van der Waals surface area contributed by atoms with E-state index in [9.17, 15) is 0 Å². The van der Waals surface area contributed by atoms with E-state index in [0.29, 0.717) is 0 Å². The van der Waals surface area contributed by atoms with Crippen LogP contribution in [0.2, 0.25) is 0 Å². The molecule has 0 aromatic heterocycles. The fourth-order valence-electron chi connectivity index (χ4n) is 1.67. The van der Waals surface area contributed by atoms with Crippen LogP contribution in [0.15, 0.2) is 0 Å². The maximum Gasteiger partial charge on any atom is 0.0468 e. The summed E-state index contributed by atoms with van der Waals surface area (Å²) in [6.45, 7) is 6.48. The number of halogens is 1. The summed E-state index contributed by atoms with van der Waals surface area (Å²) in [5, 5.41) is 3.38. The number of piperidine rings is 1. The lowest BCUT2D eigenvalue weighted by atomic mass is 9.95. The Hall–Kier alpha value is 0.210. The highest BCUT2D eigenvalue weighted by molar-refractivity contribution is 5.85. The van der Waals surface area contributed by atoms with Gasteiger partial charge in [-0.1, -0.05) is 6.92 Å². The van der Waals surface area contributed by atoms with E-state index >= 15 is 0 Å². The van der Waals surface area contributed by atoms with Crippen LogP contribution in [0.3, 0.4) is 0 Å². The number of ether oxygens (including phenoxy) is 1. The number of nitrogens with one attached hydrogen (secondary N) is 1. The molecule has 1 N–H and O–H groups in total. The molecule has 0 radical (unpaired) electrons. The van der Waals surface area contributed by atoms with Crippen molar-refractivity contribution in [1.29, 1.82) is 0 Å². The first kappa shape index (κ1) is 13.2. The molecule has 0 aromatic carbocycles. The van der Waals surface area contributed by atoms with Crippen LogP contribution >= 0.6 is 12.4 Å². The Morgan fingerprint density at radius 1 is 1.23 bits per heavy atom. The van der Waals surface area contributed by atoms with Gasteiger partial charge in [0.2, 0.25) is 0 Å². The molecule has 1 fully saturated rings. The molecule has 0 saturated carbocycles. The Morgan fingerprint density at radius 2 is 1.92 bits per heavy atom. The molecule has 1 rings (SSSR count). The van der Waals surface area contributed by atoms with Crippen molar-refractivity contribution < 1.29 is 4.74 Å². The number of rotatable bonds is 5. The Kier molecular flexibility index (Phi) is 8.93. The van der Waals surface area contributed by atoms with Crippen LogP contribution in [0, 0.1) is 5.92 Å². The van der Waals surface area contributed by atoms with Crippen molar-refractivity contribution in [2.45, 2.75) is 32.6 Å². The van der Waals surface area contributed by atoms with Crippen molar-refractivity contribution in [2.24, 2.45) is 5.92 Å². The summed E-state index contributed by atoms with van der Waals surface area (Å²) < 4.78 is 5.47. The zero-order valence-corrected chi connectivity index (χ0v) is 9.37. The first-order chi connectivity index (χ1) is 5.93. The lowest BCUT2D eigenvalue weighted by molar-refractivity contribution is 0.115. The van der Waals surface area contributed by atoms with Crippen LogP contribution in [-0.2, 0) is 4.74 Å². The van der Waals surface area contributed by atoms with E-state index in [1.165, 1.54) is 32.4 Å². The van der Waals surface area contributed by atoms with Crippen LogP contribution in [0.1, 0.15) is 32.6 Å². The van der Waals surface area contributed by atoms with E-state index in [-0.39, 0.29) is 12.4 Å².